The molecule has 1 saturated carbocycles. The maximum Gasteiger partial charge on any atom is 0.224 e. The Bertz CT molecular complexity index is 1160. The van der Waals surface area contributed by atoms with Crippen molar-refractivity contribution in [1.82, 2.24) is 4.98 Å². The van der Waals surface area contributed by atoms with Gasteiger partial charge >= 0.3 is 0 Å². The predicted molar refractivity (Wildman–Crippen MR) is 112 cm³/mol. The van der Waals surface area contributed by atoms with E-state index in [1.54, 1.807) is 18.2 Å². The largest absolute Gasteiger partial charge is 0.481 e. The molecule has 5 nitrogen and oxygen atoms in total. The van der Waals surface area contributed by atoms with Crippen LogP contribution >= 0.6 is 11.6 Å². The van der Waals surface area contributed by atoms with Crippen molar-refractivity contribution < 1.29 is 14.6 Å². The maximum atomic E-state index is 12.2. The van der Waals surface area contributed by atoms with Gasteiger partial charge in [-0.05, 0) is 36.1 Å². The number of hydrogen-bond donors (Lipinski definition) is 1. The Morgan fingerprint density at radius 1 is 1.20 bits per heavy atom. The van der Waals surface area contributed by atoms with E-state index in [1.165, 1.54) is 7.11 Å². The molecule has 3 atom stereocenters. The zero-order valence-electron chi connectivity index (χ0n) is 16.3. The Hall–Kier alpha value is -3.07. The fourth-order valence-corrected chi connectivity index (χ4v) is 5.30. The fourth-order valence-electron chi connectivity index (χ4n) is 5.13. The molecule has 3 aromatic rings. The lowest BCUT2D eigenvalue weighted by Crippen LogP contribution is -2.48. The molecule has 2 unspecified atom stereocenters. The van der Waals surface area contributed by atoms with Gasteiger partial charge in [0.25, 0.3) is 0 Å². The Morgan fingerprint density at radius 2 is 1.93 bits per heavy atom. The smallest absolute Gasteiger partial charge is 0.224 e. The summed E-state index contributed by atoms with van der Waals surface area (Å²) in [5.41, 5.74) is 0.487. The predicted octanol–water partition coefficient (Wildman–Crippen LogP) is 4.67. The summed E-state index contributed by atoms with van der Waals surface area (Å²) >= 11 is 6.20. The third-order valence-corrected chi connectivity index (χ3v) is 6.54. The van der Waals surface area contributed by atoms with Crippen LogP contribution in [0.15, 0.2) is 60.7 Å². The number of methoxy groups -OCH3 is 1. The summed E-state index contributed by atoms with van der Waals surface area (Å²) in [7, 11) is 1.51. The van der Waals surface area contributed by atoms with Crippen LogP contribution in [0.2, 0.25) is 5.15 Å². The summed E-state index contributed by atoms with van der Waals surface area (Å²) in [5, 5.41) is 21.7. The molecule has 6 heteroatoms. The summed E-state index contributed by atoms with van der Waals surface area (Å²) in [4.78, 5) is 4.28. The Kier molecular flexibility index (Phi) is 4.25. The van der Waals surface area contributed by atoms with Crippen molar-refractivity contribution in [1.29, 1.82) is 5.26 Å². The normalized spacial score (nSPS) is 26.4. The number of nitriles is 1. The zero-order chi connectivity index (χ0) is 20.9. The van der Waals surface area contributed by atoms with E-state index in [4.69, 9.17) is 21.1 Å². The van der Waals surface area contributed by atoms with E-state index in [1.807, 2.05) is 30.3 Å². The van der Waals surface area contributed by atoms with Crippen LogP contribution in [0.5, 0.6) is 11.6 Å². The number of ether oxygens (including phenoxy) is 2. The van der Waals surface area contributed by atoms with Gasteiger partial charge in [-0.2, -0.15) is 5.26 Å². The molecule has 0 amide bonds. The van der Waals surface area contributed by atoms with E-state index in [2.05, 4.69) is 23.2 Å². The van der Waals surface area contributed by atoms with E-state index in [0.29, 0.717) is 29.7 Å². The van der Waals surface area contributed by atoms with Crippen molar-refractivity contribution in [3.8, 4) is 17.7 Å². The van der Waals surface area contributed by atoms with Gasteiger partial charge in [-0.15, -0.1) is 0 Å². The van der Waals surface area contributed by atoms with Crippen LogP contribution in [0.3, 0.4) is 0 Å². The van der Waals surface area contributed by atoms with Crippen LogP contribution in [-0.2, 0) is 11.2 Å². The standard InChI is InChI=1S/C24H19ClN2O3/c1-29-22-21-19(13-20(25)27-22)30-24(17-9-7-15(14-26)8-10-17)18(11-12-23(21,24)28)16-5-3-2-4-6-16/h2-10,13,18,28H,11-12H2,1H3/t18?,23?,24-/m0/s1. The van der Waals surface area contributed by atoms with Gasteiger partial charge in [0.2, 0.25) is 5.88 Å². The number of nitrogens with zero attached hydrogens (tertiary/aromatic N) is 2. The van der Waals surface area contributed by atoms with Crippen LogP contribution in [0.1, 0.15) is 41.0 Å². The van der Waals surface area contributed by atoms with Gasteiger partial charge in [0, 0.05) is 12.0 Å². The van der Waals surface area contributed by atoms with E-state index in [9.17, 15) is 10.4 Å². The molecule has 2 heterocycles. The third-order valence-electron chi connectivity index (χ3n) is 6.34. The van der Waals surface area contributed by atoms with Crippen molar-refractivity contribution >= 4 is 11.6 Å². The van der Waals surface area contributed by atoms with Gasteiger partial charge in [-0.1, -0.05) is 54.1 Å². The molecule has 1 fully saturated rings. The third kappa shape index (κ3) is 2.41. The van der Waals surface area contributed by atoms with Gasteiger partial charge < -0.3 is 14.6 Å². The summed E-state index contributed by atoms with van der Waals surface area (Å²) in [5.74, 6) is 0.621. The number of aromatic nitrogens is 1. The van der Waals surface area contributed by atoms with Crippen molar-refractivity contribution in [3.05, 3.63) is 88.1 Å². The number of hydrogen-bond acceptors (Lipinski definition) is 5. The Labute approximate surface area is 179 Å². The first-order valence-electron chi connectivity index (χ1n) is 9.75. The minimum absolute atomic E-state index is 0.118. The van der Waals surface area contributed by atoms with Crippen LogP contribution < -0.4 is 9.47 Å². The zero-order valence-corrected chi connectivity index (χ0v) is 17.1. The highest BCUT2D eigenvalue weighted by Gasteiger charge is 2.69. The SMILES string of the molecule is COc1nc(Cl)cc2c1C1(O)CCC(c3ccccc3)[C@]1(c1ccc(C#N)cc1)O2. The number of rotatable bonds is 3. The summed E-state index contributed by atoms with van der Waals surface area (Å²) in [6.45, 7) is 0. The molecule has 0 radical (unpaired) electrons. The monoisotopic (exact) mass is 418 g/mol. The van der Waals surface area contributed by atoms with Crippen molar-refractivity contribution in [2.24, 2.45) is 0 Å². The average Bonchev–Trinajstić information content (AvgIpc) is 3.20. The van der Waals surface area contributed by atoms with Gasteiger partial charge in [0.05, 0.1) is 24.3 Å². The van der Waals surface area contributed by atoms with Crippen molar-refractivity contribution in [2.75, 3.05) is 7.11 Å². The van der Waals surface area contributed by atoms with Gasteiger partial charge in [0.15, 0.2) is 5.60 Å². The molecule has 1 aliphatic heterocycles. The molecule has 1 aromatic heterocycles. The lowest BCUT2D eigenvalue weighted by molar-refractivity contribution is -0.106. The van der Waals surface area contributed by atoms with Crippen LogP contribution in [0.4, 0.5) is 0 Å². The van der Waals surface area contributed by atoms with Gasteiger partial charge in [0.1, 0.15) is 16.5 Å². The van der Waals surface area contributed by atoms with Gasteiger partial charge in [-0.3, -0.25) is 0 Å². The molecule has 1 N–H and O–H groups in total. The molecule has 0 spiro atoms. The van der Waals surface area contributed by atoms with Gasteiger partial charge in [-0.25, -0.2) is 4.98 Å². The number of fused-ring (bicyclic) bond motifs is 3. The fraction of sp³-hybridized carbons (Fsp3) is 0.250. The van der Waals surface area contributed by atoms with E-state index >= 15 is 0 Å². The molecule has 1 aliphatic carbocycles. The summed E-state index contributed by atoms with van der Waals surface area (Å²) < 4.78 is 12.1. The molecule has 2 aromatic carbocycles. The molecule has 2 aliphatic rings. The topological polar surface area (TPSA) is 75.4 Å². The highest BCUT2D eigenvalue weighted by molar-refractivity contribution is 6.29. The second-order valence-corrected chi connectivity index (χ2v) is 8.10. The first-order chi connectivity index (χ1) is 14.5. The second-order valence-electron chi connectivity index (χ2n) is 7.72. The van der Waals surface area contributed by atoms with E-state index in [-0.39, 0.29) is 17.0 Å². The molecule has 150 valence electrons. The minimum Gasteiger partial charge on any atom is -0.481 e. The number of benzene rings is 2. The Morgan fingerprint density at radius 3 is 2.60 bits per heavy atom. The first-order valence-corrected chi connectivity index (χ1v) is 10.1. The number of halogens is 1. The first kappa shape index (κ1) is 18.9. The quantitative estimate of drug-likeness (QED) is 0.625. The van der Waals surface area contributed by atoms with Crippen LogP contribution in [0.25, 0.3) is 0 Å². The molecular formula is C24H19ClN2O3. The minimum atomic E-state index is -1.36. The Balaban J connectivity index is 1.79. The molecule has 30 heavy (non-hydrogen) atoms. The van der Waals surface area contributed by atoms with Crippen molar-refractivity contribution in [2.45, 2.75) is 30.0 Å². The summed E-state index contributed by atoms with van der Waals surface area (Å²) in [6.07, 6.45) is 1.19. The lowest BCUT2D eigenvalue weighted by atomic mass is 9.72. The highest BCUT2D eigenvalue weighted by Crippen LogP contribution is 2.68. The van der Waals surface area contributed by atoms with E-state index < -0.39 is 11.2 Å². The van der Waals surface area contributed by atoms with Crippen LogP contribution in [-0.4, -0.2) is 17.2 Å². The van der Waals surface area contributed by atoms with Crippen molar-refractivity contribution in [3.63, 3.8) is 0 Å². The molecule has 0 bridgehead atoms. The maximum absolute atomic E-state index is 12.2. The highest BCUT2D eigenvalue weighted by atomic mass is 35.5. The number of aliphatic hydroxyl groups is 1. The molecule has 5 rings (SSSR count). The van der Waals surface area contributed by atoms with E-state index in [0.717, 1.165) is 11.1 Å². The molecule has 0 saturated heterocycles. The van der Waals surface area contributed by atoms with Crippen LogP contribution in [0, 0.1) is 11.3 Å². The second kappa shape index (κ2) is 6.73. The lowest BCUT2D eigenvalue weighted by Gasteiger charge is -2.40. The summed E-state index contributed by atoms with van der Waals surface area (Å²) in [6, 6.07) is 21.0. The number of pyridine rings is 1. The average molecular weight is 419 g/mol. The molecular weight excluding hydrogens is 400 g/mol.